The number of imidazole rings is 1. The largest absolute Gasteiger partial charge is 0.466 e. The van der Waals surface area contributed by atoms with E-state index in [1.165, 1.54) is 0 Å². The van der Waals surface area contributed by atoms with E-state index in [1.54, 1.807) is 6.20 Å². The fourth-order valence-corrected chi connectivity index (χ4v) is 1.87. The Bertz CT molecular complexity index is 361. The maximum absolute atomic E-state index is 11.6. The number of rotatable bonds is 2. The Hall–Kier alpha value is -1.52. The van der Waals surface area contributed by atoms with Gasteiger partial charge in [0, 0.05) is 25.0 Å². The molecular weight excluding hydrogens is 194 g/mol. The van der Waals surface area contributed by atoms with Crippen LogP contribution in [0.5, 0.6) is 0 Å². The van der Waals surface area contributed by atoms with Crippen LogP contribution in [0, 0.1) is 5.92 Å². The van der Waals surface area contributed by atoms with Gasteiger partial charge < -0.3 is 14.6 Å². The molecule has 0 bridgehead atoms. The molecular formula is C10H15N3O2. The Morgan fingerprint density at radius 1 is 1.80 bits per heavy atom. The van der Waals surface area contributed by atoms with E-state index in [0.717, 1.165) is 5.95 Å². The Morgan fingerprint density at radius 3 is 3.33 bits per heavy atom. The van der Waals surface area contributed by atoms with Crippen LogP contribution < -0.4 is 5.32 Å². The van der Waals surface area contributed by atoms with Crippen molar-refractivity contribution in [3.8, 4) is 0 Å². The molecule has 2 heterocycles. The normalized spacial score (nSPS) is 24.1. The van der Waals surface area contributed by atoms with Crippen LogP contribution in [0.2, 0.25) is 0 Å². The number of fused-ring (bicyclic) bond motifs is 1. The first-order valence-electron chi connectivity index (χ1n) is 5.17. The minimum atomic E-state index is -0.142. The molecule has 1 aliphatic rings. The van der Waals surface area contributed by atoms with E-state index in [1.807, 2.05) is 24.6 Å². The second-order valence-corrected chi connectivity index (χ2v) is 3.64. The Morgan fingerprint density at radius 2 is 2.60 bits per heavy atom. The van der Waals surface area contributed by atoms with Gasteiger partial charge in [0.05, 0.1) is 12.5 Å². The van der Waals surface area contributed by atoms with E-state index in [0.29, 0.717) is 13.2 Å². The van der Waals surface area contributed by atoms with Crippen LogP contribution >= 0.6 is 0 Å². The van der Waals surface area contributed by atoms with Crippen molar-refractivity contribution in [1.29, 1.82) is 0 Å². The van der Waals surface area contributed by atoms with Gasteiger partial charge >= 0.3 is 5.97 Å². The number of carbonyl (C=O) groups excluding carboxylic acids is 1. The molecule has 1 aliphatic heterocycles. The van der Waals surface area contributed by atoms with Crippen LogP contribution in [-0.2, 0) is 9.53 Å². The van der Waals surface area contributed by atoms with Crippen molar-refractivity contribution in [3.63, 3.8) is 0 Å². The first-order chi connectivity index (χ1) is 7.24. The minimum Gasteiger partial charge on any atom is -0.466 e. The zero-order valence-electron chi connectivity index (χ0n) is 8.93. The summed E-state index contributed by atoms with van der Waals surface area (Å²) in [5, 5.41) is 3.11. The minimum absolute atomic E-state index is 0.0998. The van der Waals surface area contributed by atoms with Gasteiger partial charge in [0.15, 0.2) is 0 Å². The Kier molecular flexibility index (Phi) is 2.62. The quantitative estimate of drug-likeness (QED) is 0.740. The number of nitrogens with zero attached hydrogens (tertiary/aromatic N) is 2. The van der Waals surface area contributed by atoms with Crippen molar-refractivity contribution in [3.05, 3.63) is 12.4 Å². The molecule has 1 aromatic heterocycles. The number of ether oxygens (including phenoxy) is 1. The molecule has 1 aromatic rings. The Labute approximate surface area is 88.4 Å². The van der Waals surface area contributed by atoms with Crippen molar-refractivity contribution >= 4 is 11.9 Å². The summed E-state index contributed by atoms with van der Waals surface area (Å²) in [5.74, 6) is 0.548. The highest BCUT2D eigenvalue weighted by Gasteiger charge is 2.32. The molecule has 0 aromatic carbocycles. The Balaban J connectivity index is 2.16. The molecule has 0 saturated heterocycles. The third kappa shape index (κ3) is 1.69. The van der Waals surface area contributed by atoms with Gasteiger partial charge in [0.25, 0.3) is 0 Å². The molecule has 0 saturated carbocycles. The van der Waals surface area contributed by atoms with Gasteiger partial charge in [-0.1, -0.05) is 0 Å². The van der Waals surface area contributed by atoms with Gasteiger partial charge in [0.2, 0.25) is 5.95 Å². The maximum Gasteiger partial charge on any atom is 0.312 e. The first kappa shape index (κ1) is 10.0. The highest BCUT2D eigenvalue weighted by Crippen LogP contribution is 2.27. The van der Waals surface area contributed by atoms with Gasteiger partial charge in [-0.2, -0.15) is 0 Å². The lowest BCUT2D eigenvalue weighted by Crippen LogP contribution is -2.37. The van der Waals surface area contributed by atoms with Crippen LogP contribution in [0.25, 0.3) is 0 Å². The molecule has 0 radical (unpaired) electrons. The molecule has 1 N–H and O–H groups in total. The van der Waals surface area contributed by atoms with Crippen molar-refractivity contribution in [2.75, 3.05) is 18.5 Å². The van der Waals surface area contributed by atoms with E-state index in [9.17, 15) is 4.79 Å². The average molecular weight is 209 g/mol. The molecule has 5 heteroatoms. The van der Waals surface area contributed by atoms with Crippen LogP contribution in [0.15, 0.2) is 12.4 Å². The predicted octanol–water partition coefficient (Wildman–Crippen LogP) is 1.05. The van der Waals surface area contributed by atoms with Gasteiger partial charge in [-0.3, -0.25) is 4.79 Å². The monoisotopic (exact) mass is 209 g/mol. The number of anilines is 1. The number of hydrogen-bond acceptors (Lipinski definition) is 4. The summed E-state index contributed by atoms with van der Waals surface area (Å²) in [6.45, 7) is 4.85. The van der Waals surface area contributed by atoms with Crippen LogP contribution in [0.1, 0.15) is 19.9 Å². The lowest BCUT2D eigenvalue weighted by Gasteiger charge is -2.29. The van der Waals surface area contributed by atoms with E-state index in [-0.39, 0.29) is 17.9 Å². The van der Waals surface area contributed by atoms with Crippen molar-refractivity contribution in [2.24, 2.45) is 5.92 Å². The van der Waals surface area contributed by atoms with Gasteiger partial charge in [-0.25, -0.2) is 4.98 Å². The van der Waals surface area contributed by atoms with E-state index >= 15 is 0 Å². The van der Waals surface area contributed by atoms with Crippen molar-refractivity contribution in [2.45, 2.75) is 19.9 Å². The second kappa shape index (κ2) is 3.92. The van der Waals surface area contributed by atoms with Crippen molar-refractivity contribution < 1.29 is 9.53 Å². The predicted molar refractivity (Wildman–Crippen MR) is 55.6 cm³/mol. The maximum atomic E-state index is 11.6. The number of esters is 1. The third-order valence-corrected chi connectivity index (χ3v) is 2.76. The molecule has 2 rings (SSSR count). The molecule has 0 spiro atoms. The first-order valence-corrected chi connectivity index (χ1v) is 5.17. The second-order valence-electron chi connectivity index (χ2n) is 3.64. The van der Waals surface area contributed by atoms with Gasteiger partial charge in [-0.05, 0) is 13.8 Å². The van der Waals surface area contributed by atoms with Crippen LogP contribution in [0.4, 0.5) is 5.95 Å². The molecule has 0 fully saturated rings. The molecule has 82 valence electrons. The fourth-order valence-electron chi connectivity index (χ4n) is 1.87. The number of carbonyl (C=O) groups is 1. The SMILES string of the molecule is CCOC(=O)C1CNc2nccn2C1C. The summed E-state index contributed by atoms with van der Waals surface area (Å²) < 4.78 is 6.99. The standard InChI is InChI=1S/C10H15N3O2/c1-3-15-9(14)8-6-12-10-11-4-5-13(10)7(8)2/h4-5,7-8H,3,6H2,1-2H3,(H,11,12). The molecule has 2 unspecified atom stereocenters. The zero-order chi connectivity index (χ0) is 10.8. The zero-order valence-corrected chi connectivity index (χ0v) is 8.93. The third-order valence-electron chi connectivity index (χ3n) is 2.76. The van der Waals surface area contributed by atoms with E-state index < -0.39 is 0 Å². The van der Waals surface area contributed by atoms with Crippen LogP contribution in [-0.4, -0.2) is 28.7 Å². The number of nitrogens with one attached hydrogen (secondary N) is 1. The molecule has 0 aliphatic carbocycles. The highest BCUT2D eigenvalue weighted by atomic mass is 16.5. The molecule has 5 nitrogen and oxygen atoms in total. The summed E-state index contributed by atoms with van der Waals surface area (Å²) in [5.41, 5.74) is 0. The number of aromatic nitrogens is 2. The van der Waals surface area contributed by atoms with Crippen LogP contribution in [0.3, 0.4) is 0 Å². The summed E-state index contributed by atoms with van der Waals surface area (Å²) >= 11 is 0. The molecule has 15 heavy (non-hydrogen) atoms. The lowest BCUT2D eigenvalue weighted by atomic mass is 10.00. The lowest BCUT2D eigenvalue weighted by molar-refractivity contribution is -0.149. The van der Waals surface area contributed by atoms with Gasteiger partial charge in [0.1, 0.15) is 0 Å². The van der Waals surface area contributed by atoms with Gasteiger partial charge in [-0.15, -0.1) is 0 Å². The molecule has 0 amide bonds. The van der Waals surface area contributed by atoms with E-state index in [4.69, 9.17) is 4.74 Å². The fraction of sp³-hybridized carbons (Fsp3) is 0.600. The number of hydrogen-bond donors (Lipinski definition) is 1. The summed E-state index contributed by atoms with van der Waals surface area (Å²) in [6.07, 6.45) is 3.60. The van der Waals surface area contributed by atoms with E-state index in [2.05, 4.69) is 10.3 Å². The topological polar surface area (TPSA) is 56.1 Å². The average Bonchev–Trinajstić information content (AvgIpc) is 2.67. The summed E-state index contributed by atoms with van der Waals surface area (Å²) in [6, 6.07) is 0.0998. The summed E-state index contributed by atoms with van der Waals surface area (Å²) in [7, 11) is 0. The summed E-state index contributed by atoms with van der Waals surface area (Å²) in [4.78, 5) is 15.8. The molecule has 2 atom stereocenters. The highest BCUT2D eigenvalue weighted by molar-refractivity contribution is 5.74. The smallest absolute Gasteiger partial charge is 0.312 e. The van der Waals surface area contributed by atoms with Crippen molar-refractivity contribution in [1.82, 2.24) is 9.55 Å².